The Hall–Kier alpha value is -3.30. The van der Waals surface area contributed by atoms with Crippen LogP contribution in [0.15, 0.2) is 52.7 Å². The molecule has 2 heterocycles. The van der Waals surface area contributed by atoms with Gasteiger partial charge in [-0.1, -0.05) is 36.3 Å². The molecule has 1 aliphatic rings. The molecule has 0 amide bonds. The van der Waals surface area contributed by atoms with Crippen LogP contribution in [0.5, 0.6) is 5.75 Å². The number of hydrogen-bond donors (Lipinski definition) is 1. The van der Waals surface area contributed by atoms with Gasteiger partial charge in [-0.25, -0.2) is 4.39 Å². The molecule has 1 unspecified atom stereocenters. The van der Waals surface area contributed by atoms with Crippen molar-refractivity contribution < 1.29 is 18.4 Å². The summed E-state index contributed by atoms with van der Waals surface area (Å²) < 4.78 is 30.2. The van der Waals surface area contributed by atoms with Crippen LogP contribution < -0.4 is 10.1 Å². The molecule has 0 spiro atoms. The van der Waals surface area contributed by atoms with E-state index in [0.717, 1.165) is 29.7 Å². The second-order valence-corrected chi connectivity index (χ2v) is 8.63. The van der Waals surface area contributed by atoms with Gasteiger partial charge in [0.25, 0.3) is 5.89 Å². The number of hydrogen-bond acceptors (Lipinski definition) is 6. The van der Waals surface area contributed by atoms with E-state index in [2.05, 4.69) is 46.6 Å². The fourth-order valence-corrected chi connectivity index (χ4v) is 4.49. The number of benzene rings is 2. The van der Waals surface area contributed by atoms with Gasteiger partial charge in [0.15, 0.2) is 16.7 Å². The van der Waals surface area contributed by atoms with Crippen LogP contribution >= 0.6 is 12.2 Å². The van der Waals surface area contributed by atoms with E-state index in [-0.39, 0.29) is 11.8 Å². The summed E-state index contributed by atoms with van der Waals surface area (Å²) in [5, 5.41) is 8.22. The van der Waals surface area contributed by atoms with Gasteiger partial charge in [0, 0.05) is 31.5 Å². The molecule has 9 heteroatoms. The maximum absolute atomic E-state index is 14.3. The van der Waals surface area contributed by atoms with E-state index in [9.17, 15) is 4.39 Å². The molecule has 35 heavy (non-hydrogen) atoms. The Balaban J connectivity index is 1.75. The third-order valence-electron chi connectivity index (χ3n) is 6.11. The van der Waals surface area contributed by atoms with Crippen molar-refractivity contribution in [1.82, 2.24) is 20.4 Å². The minimum atomic E-state index is -0.491. The van der Waals surface area contributed by atoms with Crippen LogP contribution in [0.1, 0.15) is 43.3 Å². The Morgan fingerprint density at radius 3 is 2.60 bits per heavy atom. The van der Waals surface area contributed by atoms with Crippen LogP contribution in [-0.4, -0.2) is 47.5 Å². The second-order valence-electron chi connectivity index (χ2n) is 8.25. The topological polar surface area (TPSA) is 72.7 Å². The Bertz CT molecular complexity index is 1230. The largest absolute Gasteiger partial charge is 0.494 e. The maximum Gasteiger partial charge on any atom is 0.258 e. The normalized spacial score (nSPS) is 16.0. The van der Waals surface area contributed by atoms with Gasteiger partial charge in [0.2, 0.25) is 5.82 Å². The molecule has 1 aromatic heterocycles. The van der Waals surface area contributed by atoms with E-state index in [1.54, 1.807) is 19.2 Å². The summed E-state index contributed by atoms with van der Waals surface area (Å²) in [6, 6.07) is 12.7. The highest BCUT2D eigenvalue weighted by atomic mass is 32.1. The maximum atomic E-state index is 14.3. The minimum absolute atomic E-state index is 0.156. The lowest BCUT2D eigenvalue weighted by Crippen LogP contribution is -2.46. The molecule has 7 nitrogen and oxygen atoms in total. The Morgan fingerprint density at radius 2 is 1.94 bits per heavy atom. The molecular formula is C26H29FN4O3S. The number of rotatable bonds is 9. The molecule has 1 N–H and O–H groups in total. The van der Waals surface area contributed by atoms with Gasteiger partial charge in [0.05, 0.1) is 18.7 Å². The van der Waals surface area contributed by atoms with Gasteiger partial charge in [-0.05, 0) is 61.3 Å². The molecule has 0 fully saturated rings. The third-order valence-corrected chi connectivity index (χ3v) is 6.45. The smallest absolute Gasteiger partial charge is 0.258 e. The number of halogens is 1. The molecule has 4 rings (SSSR count). The van der Waals surface area contributed by atoms with Crippen LogP contribution in [0.2, 0.25) is 0 Å². The van der Waals surface area contributed by atoms with Crippen molar-refractivity contribution in [1.29, 1.82) is 0 Å². The first-order chi connectivity index (χ1) is 17.0. The zero-order valence-electron chi connectivity index (χ0n) is 20.3. The Labute approximate surface area is 209 Å². The highest BCUT2D eigenvalue weighted by Gasteiger charge is 2.34. The summed E-state index contributed by atoms with van der Waals surface area (Å²) in [6.45, 7) is 5.43. The first-order valence-electron chi connectivity index (χ1n) is 11.5. The highest BCUT2D eigenvalue weighted by Crippen LogP contribution is 2.37. The number of nitrogens with zero attached hydrogens (tertiary/aromatic N) is 3. The zero-order chi connectivity index (χ0) is 24.9. The van der Waals surface area contributed by atoms with Crippen molar-refractivity contribution in [3.8, 4) is 17.1 Å². The number of nitrogens with one attached hydrogen (secondary N) is 1. The predicted molar refractivity (Wildman–Crippen MR) is 136 cm³/mol. The van der Waals surface area contributed by atoms with Crippen molar-refractivity contribution in [2.24, 2.45) is 0 Å². The summed E-state index contributed by atoms with van der Waals surface area (Å²) in [5.74, 6) is 0.309. The molecule has 1 aliphatic heterocycles. The van der Waals surface area contributed by atoms with E-state index >= 15 is 0 Å². The summed E-state index contributed by atoms with van der Waals surface area (Å²) in [7, 11) is 3.10. The SMILES string of the molecule is CCc1ccc(C2NC(=S)N(CCCOC)C(C)=C2c2nc(-c3ccc(OC)c(F)c3)no2)cc1. The number of aromatic nitrogens is 2. The van der Waals surface area contributed by atoms with Crippen LogP contribution in [0.25, 0.3) is 17.0 Å². The fraction of sp³-hybridized carbons (Fsp3) is 0.346. The minimum Gasteiger partial charge on any atom is -0.494 e. The molecule has 0 bridgehead atoms. The van der Waals surface area contributed by atoms with E-state index in [0.29, 0.717) is 35.5 Å². The summed E-state index contributed by atoms with van der Waals surface area (Å²) in [4.78, 5) is 6.66. The van der Waals surface area contributed by atoms with Gasteiger partial charge in [-0.2, -0.15) is 4.98 Å². The van der Waals surface area contributed by atoms with Crippen molar-refractivity contribution >= 4 is 22.9 Å². The summed E-state index contributed by atoms with van der Waals surface area (Å²) in [5.41, 5.74) is 4.53. The molecule has 1 atom stereocenters. The van der Waals surface area contributed by atoms with Crippen LogP contribution in [0, 0.1) is 5.82 Å². The molecule has 0 aliphatic carbocycles. The lowest BCUT2D eigenvalue weighted by atomic mass is 9.94. The van der Waals surface area contributed by atoms with Gasteiger partial charge in [-0.3, -0.25) is 0 Å². The number of ether oxygens (including phenoxy) is 2. The Morgan fingerprint density at radius 1 is 1.17 bits per heavy atom. The van der Waals surface area contributed by atoms with E-state index in [1.165, 1.54) is 18.7 Å². The average Bonchev–Trinajstić information content (AvgIpc) is 3.35. The van der Waals surface area contributed by atoms with Crippen LogP contribution in [0.4, 0.5) is 4.39 Å². The lowest BCUT2D eigenvalue weighted by Gasteiger charge is -2.37. The van der Waals surface area contributed by atoms with Crippen molar-refractivity contribution in [3.63, 3.8) is 0 Å². The molecule has 184 valence electrons. The van der Waals surface area contributed by atoms with Gasteiger partial charge < -0.3 is 24.2 Å². The number of methoxy groups -OCH3 is 2. The molecule has 0 radical (unpaired) electrons. The van der Waals surface area contributed by atoms with E-state index in [1.807, 2.05) is 11.8 Å². The highest BCUT2D eigenvalue weighted by molar-refractivity contribution is 7.80. The number of thiocarbonyl (C=S) groups is 1. The molecule has 0 saturated carbocycles. The van der Waals surface area contributed by atoms with E-state index < -0.39 is 5.82 Å². The molecule has 3 aromatic rings. The van der Waals surface area contributed by atoms with Crippen LogP contribution in [-0.2, 0) is 11.2 Å². The van der Waals surface area contributed by atoms with E-state index in [4.69, 9.17) is 26.2 Å². The van der Waals surface area contributed by atoms with Gasteiger partial charge in [0.1, 0.15) is 0 Å². The first kappa shape index (κ1) is 24.8. The third kappa shape index (κ3) is 5.21. The number of allylic oxidation sites excluding steroid dienone is 1. The van der Waals surface area contributed by atoms with Gasteiger partial charge >= 0.3 is 0 Å². The van der Waals surface area contributed by atoms with Crippen molar-refractivity contribution in [3.05, 3.63) is 71.0 Å². The molecule has 0 saturated heterocycles. The standard InChI is InChI=1S/C26H29FN4O3S/c1-5-17-7-9-18(10-8-17)23-22(16(2)31(26(35)28-23)13-6-14-32-3)25-29-24(30-34-25)19-11-12-21(33-4)20(27)15-19/h7-12,15,23H,5-6,13-14H2,1-4H3,(H,28,35). The number of aryl methyl sites for hydroxylation is 1. The van der Waals surface area contributed by atoms with Crippen LogP contribution in [0.3, 0.4) is 0 Å². The predicted octanol–water partition coefficient (Wildman–Crippen LogP) is 5.15. The first-order valence-corrected chi connectivity index (χ1v) is 11.9. The van der Waals surface area contributed by atoms with Gasteiger partial charge in [-0.15, -0.1) is 0 Å². The van der Waals surface area contributed by atoms with Crippen molar-refractivity contribution in [2.75, 3.05) is 27.4 Å². The summed E-state index contributed by atoms with van der Waals surface area (Å²) >= 11 is 5.72. The molecule has 2 aromatic carbocycles. The van der Waals surface area contributed by atoms with Crippen molar-refractivity contribution in [2.45, 2.75) is 32.7 Å². The zero-order valence-corrected chi connectivity index (χ0v) is 21.1. The monoisotopic (exact) mass is 496 g/mol. The summed E-state index contributed by atoms with van der Waals surface area (Å²) in [6.07, 6.45) is 1.76. The quantitative estimate of drug-likeness (QED) is 0.322. The Kier molecular flexibility index (Phi) is 7.77. The fourth-order valence-electron chi connectivity index (χ4n) is 4.15. The average molecular weight is 497 g/mol. The second kappa shape index (κ2) is 11.0. The lowest BCUT2D eigenvalue weighted by molar-refractivity contribution is 0.188. The molecular weight excluding hydrogens is 467 g/mol.